The zero-order valence-electron chi connectivity index (χ0n) is 9.78. The Kier molecular flexibility index (Phi) is 4.03. The average Bonchev–Trinajstić information content (AvgIpc) is 2.88. The van der Waals surface area contributed by atoms with Crippen LogP contribution in [0.5, 0.6) is 0 Å². The fourth-order valence-electron chi connectivity index (χ4n) is 1.51. The molecule has 1 heterocycles. The van der Waals surface area contributed by atoms with Crippen molar-refractivity contribution < 1.29 is 9.90 Å². The number of benzene rings is 1. The Morgan fingerprint density at radius 2 is 2.11 bits per heavy atom. The lowest BCUT2D eigenvalue weighted by Gasteiger charge is -2.01. The number of carbonyl (C=O) groups is 1. The number of hydrogen-bond acceptors (Lipinski definition) is 4. The van der Waals surface area contributed by atoms with Gasteiger partial charge in [-0.2, -0.15) is 0 Å². The molecule has 18 heavy (non-hydrogen) atoms. The highest BCUT2D eigenvalue weighted by molar-refractivity contribution is 5.76. The molecule has 2 aromatic rings. The van der Waals surface area contributed by atoms with Crippen LogP contribution in [0.1, 0.15) is 0 Å². The number of carbonyl (C=O) groups excluding carboxylic acids is 1. The molecule has 0 bridgehead atoms. The lowest BCUT2D eigenvalue weighted by Crippen LogP contribution is -2.29. The van der Waals surface area contributed by atoms with Crippen LogP contribution in [0.3, 0.4) is 0 Å². The Labute approximate surface area is 104 Å². The van der Waals surface area contributed by atoms with Crippen LogP contribution in [0.25, 0.3) is 11.3 Å². The lowest BCUT2D eigenvalue weighted by molar-refractivity contribution is -0.123. The minimum Gasteiger partial charge on any atom is -0.387 e. The molecular weight excluding hydrogens is 232 g/mol. The Morgan fingerprint density at radius 1 is 1.33 bits per heavy atom. The van der Waals surface area contributed by atoms with Gasteiger partial charge in [-0.15, -0.1) is 5.10 Å². The summed E-state index contributed by atoms with van der Waals surface area (Å²) in [5.74, 6) is -0.390. The van der Waals surface area contributed by atoms with E-state index in [9.17, 15) is 4.79 Å². The molecule has 0 saturated heterocycles. The summed E-state index contributed by atoms with van der Waals surface area (Å²) in [4.78, 5) is 10.8. The van der Waals surface area contributed by atoms with E-state index in [2.05, 4.69) is 15.6 Å². The van der Waals surface area contributed by atoms with E-state index in [0.29, 0.717) is 13.1 Å². The number of aromatic nitrogens is 3. The summed E-state index contributed by atoms with van der Waals surface area (Å²) in [6.45, 7) is 0.440. The fraction of sp³-hybridized carbons (Fsp3) is 0.250. The van der Waals surface area contributed by atoms with Gasteiger partial charge in [0, 0.05) is 12.1 Å². The van der Waals surface area contributed by atoms with Gasteiger partial charge in [-0.3, -0.25) is 9.48 Å². The molecule has 0 spiro atoms. The summed E-state index contributed by atoms with van der Waals surface area (Å²) < 4.78 is 1.65. The van der Waals surface area contributed by atoms with E-state index >= 15 is 0 Å². The van der Waals surface area contributed by atoms with Gasteiger partial charge >= 0.3 is 0 Å². The first-order chi connectivity index (χ1) is 8.79. The molecule has 2 N–H and O–H groups in total. The van der Waals surface area contributed by atoms with E-state index in [-0.39, 0.29) is 0 Å². The molecule has 2 rings (SSSR count). The van der Waals surface area contributed by atoms with Gasteiger partial charge in [-0.1, -0.05) is 35.5 Å². The largest absolute Gasteiger partial charge is 0.387 e. The van der Waals surface area contributed by atoms with Crippen LogP contribution in [0, 0.1) is 0 Å². The van der Waals surface area contributed by atoms with Gasteiger partial charge in [0.15, 0.2) is 0 Å². The van der Waals surface area contributed by atoms with E-state index in [1.165, 1.54) is 0 Å². The highest BCUT2D eigenvalue weighted by atomic mass is 16.3. The smallest absolute Gasteiger partial charge is 0.245 e. The average molecular weight is 246 g/mol. The summed E-state index contributed by atoms with van der Waals surface area (Å²) >= 11 is 0. The van der Waals surface area contributed by atoms with Gasteiger partial charge < -0.3 is 10.4 Å². The molecule has 0 radical (unpaired) electrons. The molecule has 0 aliphatic carbocycles. The van der Waals surface area contributed by atoms with Gasteiger partial charge in [0.05, 0.1) is 12.7 Å². The van der Waals surface area contributed by atoms with Crippen LogP contribution in [0.15, 0.2) is 36.5 Å². The van der Waals surface area contributed by atoms with Crippen molar-refractivity contribution >= 4 is 5.91 Å². The Morgan fingerprint density at radius 3 is 2.83 bits per heavy atom. The van der Waals surface area contributed by atoms with Crippen LogP contribution in [0.4, 0.5) is 0 Å². The number of hydrogen-bond donors (Lipinski definition) is 2. The van der Waals surface area contributed by atoms with E-state index in [1.54, 1.807) is 4.68 Å². The lowest BCUT2D eigenvalue weighted by atomic mass is 10.2. The number of aliphatic hydroxyl groups excluding tert-OH is 1. The molecule has 1 amide bonds. The summed E-state index contributed by atoms with van der Waals surface area (Å²) in [5.41, 5.74) is 1.80. The summed E-state index contributed by atoms with van der Waals surface area (Å²) in [5, 5.41) is 19.1. The Bertz CT molecular complexity index is 510. The van der Waals surface area contributed by atoms with Crippen molar-refractivity contribution in [3.63, 3.8) is 0 Å². The standard InChI is InChI=1S/C12H14N4O2/c17-9-12(18)13-6-7-16-8-11(14-15-16)10-4-2-1-3-5-10/h1-5,8,17H,6-7,9H2,(H,13,18). The number of rotatable bonds is 5. The van der Waals surface area contributed by atoms with E-state index in [4.69, 9.17) is 5.11 Å². The first-order valence-electron chi connectivity index (χ1n) is 5.62. The predicted octanol–water partition coefficient (Wildman–Crippen LogP) is 0.0536. The van der Waals surface area contributed by atoms with Gasteiger partial charge in [0.25, 0.3) is 0 Å². The summed E-state index contributed by atoms with van der Waals surface area (Å²) in [6, 6.07) is 9.74. The molecular formula is C12H14N4O2. The van der Waals surface area contributed by atoms with E-state index in [1.807, 2.05) is 36.5 Å². The second-order valence-corrected chi connectivity index (χ2v) is 3.74. The maximum atomic E-state index is 10.8. The van der Waals surface area contributed by atoms with Gasteiger partial charge in [0.1, 0.15) is 12.3 Å². The zero-order valence-corrected chi connectivity index (χ0v) is 9.78. The van der Waals surface area contributed by atoms with Gasteiger partial charge in [-0.05, 0) is 0 Å². The van der Waals surface area contributed by atoms with Crippen molar-refractivity contribution in [1.82, 2.24) is 20.3 Å². The molecule has 6 heteroatoms. The third-order valence-corrected chi connectivity index (χ3v) is 2.41. The fourth-order valence-corrected chi connectivity index (χ4v) is 1.51. The predicted molar refractivity (Wildman–Crippen MR) is 65.6 cm³/mol. The van der Waals surface area contributed by atoms with Crippen molar-refractivity contribution in [3.8, 4) is 11.3 Å². The van der Waals surface area contributed by atoms with E-state index < -0.39 is 12.5 Å². The van der Waals surface area contributed by atoms with E-state index in [0.717, 1.165) is 11.3 Å². The van der Waals surface area contributed by atoms with Crippen molar-refractivity contribution in [1.29, 1.82) is 0 Å². The molecule has 1 aromatic heterocycles. The van der Waals surface area contributed by atoms with Crippen molar-refractivity contribution in [3.05, 3.63) is 36.5 Å². The van der Waals surface area contributed by atoms with Gasteiger partial charge in [0.2, 0.25) is 5.91 Å². The second kappa shape index (κ2) is 5.92. The molecule has 0 fully saturated rings. The molecule has 0 aliphatic heterocycles. The van der Waals surface area contributed by atoms with Crippen molar-refractivity contribution in [2.45, 2.75) is 6.54 Å². The molecule has 1 aromatic carbocycles. The van der Waals surface area contributed by atoms with Crippen LogP contribution < -0.4 is 5.32 Å². The topological polar surface area (TPSA) is 80.0 Å². The van der Waals surface area contributed by atoms with Gasteiger partial charge in [-0.25, -0.2) is 0 Å². The minimum atomic E-state index is -0.493. The third kappa shape index (κ3) is 3.14. The SMILES string of the molecule is O=C(CO)NCCn1cc(-c2ccccc2)nn1. The van der Waals surface area contributed by atoms with Crippen LogP contribution in [-0.4, -0.2) is 39.2 Å². The number of nitrogens with zero attached hydrogens (tertiary/aromatic N) is 3. The molecule has 6 nitrogen and oxygen atoms in total. The van der Waals surface area contributed by atoms with Crippen LogP contribution in [0.2, 0.25) is 0 Å². The van der Waals surface area contributed by atoms with Crippen LogP contribution >= 0.6 is 0 Å². The monoisotopic (exact) mass is 246 g/mol. The highest BCUT2D eigenvalue weighted by Gasteiger charge is 2.03. The van der Waals surface area contributed by atoms with Crippen molar-refractivity contribution in [2.24, 2.45) is 0 Å². The number of aliphatic hydroxyl groups is 1. The summed E-state index contributed by atoms with van der Waals surface area (Å²) in [6.07, 6.45) is 1.82. The molecule has 0 atom stereocenters. The second-order valence-electron chi connectivity index (χ2n) is 3.74. The zero-order chi connectivity index (χ0) is 12.8. The number of amides is 1. The molecule has 0 aliphatic rings. The first-order valence-corrected chi connectivity index (χ1v) is 5.62. The first kappa shape index (κ1) is 12.3. The highest BCUT2D eigenvalue weighted by Crippen LogP contribution is 2.14. The normalized spacial score (nSPS) is 10.3. The van der Waals surface area contributed by atoms with Crippen LogP contribution in [-0.2, 0) is 11.3 Å². The number of nitrogens with one attached hydrogen (secondary N) is 1. The maximum Gasteiger partial charge on any atom is 0.245 e. The summed E-state index contributed by atoms with van der Waals surface area (Å²) in [7, 11) is 0. The van der Waals surface area contributed by atoms with Crippen molar-refractivity contribution in [2.75, 3.05) is 13.2 Å². The molecule has 94 valence electrons. The maximum absolute atomic E-state index is 10.8. The Hall–Kier alpha value is -2.21. The molecule has 0 unspecified atom stereocenters. The Balaban J connectivity index is 1.93. The third-order valence-electron chi connectivity index (χ3n) is 2.41. The quantitative estimate of drug-likeness (QED) is 0.781. The minimum absolute atomic E-state index is 0.390. The molecule has 0 saturated carbocycles.